The summed E-state index contributed by atoms with van der Waals surface area (Å²) in [6.45, 7) is 12.9. The minimum atomic E-state index is -0.333. The molecule has 0 amide bonds. The molecule has 1 aromatic rings. The van der Waals surface area contributed by atoms with Gasteiger partial charge in [0.1, 0.15) is 5.69 Å². The van der Waals surface area contributed by atoms with E-state index in [-0.39, 0.29) is 16.8 Å². The number of ketones is 1. The first-order valence-electron chi connectivity index (χ1n) is 10.6. The van der Waals surface area contributed by atoms with Crippen LogP contribution in [0.4, 0.5) is 0 Å². The average molecular weight is 373 g/mol. The van der Waals surface area contributed by atoms with E-state index in [1.54, 1.807) is 6.20 Å². The number of pyridine rings is 1. The maximum atomic E-state index is 13.7. The number of carbonyl (C=O) groups excluding carboxylic acids is 1. The first-order valence-corrected chi connectivity index (χ1v) is 10.6. The number of piperidine rings is 1. The highest BCUT2D eigenvalue weighted by molar-refractivity contribution is 5.99. The summed E-state index contributed by atoms with van der Waals surface area (Å²) in [6, 6.07) is 5.68. The molecule has 1 atom stereocenters. The Balaban J connectivity index is 1.78. The molecule has 4 heteroatoms. The van der Waals surface area contributed by atoms with Crippen molar-refractivity contribution in [2.75, 3.05) is 26.2 Å². The second kappa shape index (κ2) is 8.40. The van der Waals surface area contributed by atoms with Crippen molar-refractivity contribution >= 4 is 5.78 Å². The predicted octanol–water partition coefficient (Wildman–Crippen LogP) is 4.60. The fraction of sp³-hybridized carbons (Fsp3) is 0.739. The molecule has 27 heavy (non-hydrogen) atoms. The number of aromatic nitrogens is 1. The smallest absolute Gasteiger partial charge is 0.187 e. The summed E-state index contributed by atoms with van der Waals surface area (Å²) in [5, 5.41) is 0. The summed E-state index contributed by atoms with van der Waals surface area (Å²) in [5.41, 5.74) is 0.0370. The summed E-state index contributed by atoms with van der Waals surface area (Å²) in [6.07, 6.45) is 6.82. The zero-order chi connectivity index (χ0) is 19.5. The van der Waals surface area contributed by atoms with Crippen LogP contribution in [0, 0.1) is 17.3 Å². The van der Waals surface area contributed by atoms with Gasteiger partial charge in [0.25, 0.3) is 0 Å². The van der Waals surface area contributed by atoms with Gasteiger partial charge in [0, 0.05) is 18.2 Å². The van der Waals surface area contributed by atoms with Crippen LogP contribution >= 0.6 is 0 Å². The quantitative estimate of drug-likeness (QED) is 0.685. The van der Waals surface area contributed by atoms with E-state index in [9.17, 15) is 4.79 Å². The zero-order valence-corrected chi connectivity index (χ0v) is 17.5. The lowest BCUT2D eigenvalue weighted by Gasteiger charge is -2.50. The zero-order valence-electron chi connectivity index (χ0n) is 17.5. The van der Waals surface area contributed by atoms with Gasteiger partial charge < -0.3 is 9.64 Å². The van der Waals surface area contributed by atoms with Gasteiger partial charge in [0.2, 0.25) is 0 Å². The third-order valence-electron chi connectivity index (χ3n) is 6.52. The minimum absolute atomic E-state index is 0.236. The number of likely N-dealkylation sites (tertiary alicyclic amines) is 1. The third kappa shape index (κ3) is 4.78. The highest BCUT2D eigenvalue weighted by Crippen LogP contribution is 2.49. The Hall–Kier alpha value is -1.26. The number of nitrogens with zero attached hydrogens (tertiary/aromatic N) is 2. The maximum absolute atomic E-state index is 13.7. The van der Waals surface area contributed by atoms with Gasteiger partial charge in [-0.2, -0.15) is 0 Å². The van der Waals surface area contributed by atoms with Gasteiger partial charge in [-0.15, -0.1) is 0 Å². The van der Waals surface area contributed by atoms with Crippen molar-refractivity contribution < 1.29 is 9.53 Å². The number of hydrogen-bond acceptors (Lipinski definition) is 4. The molecule has 0 bridgehead atoms. The van der Waals surface area contributed by atoms with E-state index >= 15 is 0 Å². The second-order valence-electron chi connectivity index (χ2n) is 9.53. The molecule has 1 aromatic heterocycles. The highest BCUT2D eigenvalue weighted by atomic mass is 16.5. The van der Waals surface area contributed by atoms with E-state index in [0.717, 1.165) is 44.7 Å². The van der Waals surface area contributed by atoms with Crippen LogP contribution in [-0.2, 0) is 4.74 Å². The van der Waals surface area contributed by atoms with Gasteiger partial charge in [-0.3, -0.25) is 9.78 Å². The average Bonchev–Trinajstić information content (AvgIpc) is 2.66. The number of rotatable bonds is 6. The summed E-state index contributed by atoms with van der Waals surface area (Å²) >= 11 is 0. The molecule has 0 radical (unpaired) electrons. The number of hydrogen-bond donors (Lipinski definition) is 0. The Morgan fingerprint density at radius 2 is 2.04 bits per heavy atom. The number of Topliss-reactive ketones (excluding diaryl/α,β-unsaturated/α-hetero) is 1. The van der Waals surface area contributed by atoms with Crippen LogP contribution in [0.3, 0.4) is 0 Å². The molecule has 3 heterocycles. The molecule has 2 aliphatic heterocycles. The lowest BCUT2D eigenvalue weighted by molar-refractivity contribution is -0.113. The number of carbonyl (C=O) groups is 1. The summed E-state index contributed by atoms with van der Waals surface area (Å²) < 4.78 is 6.00. The molecule has 2 saturated heterocycles. The van der Waals surface area contributed by atoms with Gasteiger partial charge >= 0.3 is 0 Å². The largest absolute Gasteiger partial charge is 0.376 e. The van der Waals surface area contributed by atoms with Crippen molar-refractivity contribution in [3.05, 3.63) is 30.1 Å². The van der Waals surface area contributed by atoms with E-state index in [2.05, 4.69) is 37.6 Å². The van der Waals surface area contributed by atoms with E-state index in [0.29, 0.717) is 18.2 Å². The monoisotopic (exact) mass is 372 g/mol. The molecule has 3 rings (SSSR count). The Morgan fingerprint density at radius 3 is 2.63 bits per heavy atom. The first-order chi connectivity index (χ1) is 12.8. The molecule has 150 valence electrons. The van der Waals surface area contributed by atoms with Crippen LogP contribution in [-0.4, -0.2) is 47.5 Å². The molecule has 2 fully saturated rings. The molecule has 4 nitrogen and oxygen atoms in total. The van der Waals surface area contributed by atoms with Crippen molar-refractivity contribution in [1.82, 2.24) is 9.88 Å². The normalized spacial score (nSPS) is 27.0. The molecule has 0 saturated carbocycles. The third-order valence-corrected chi connectivity index (χ3v) is 6.52. The van der Waals surface area contributed by atoms with Crippen LogP contribution in [0.15, 0.2) is 24.4 Å². The van der Waals surface area contributed by atoms with Crippen LogP contribution in [0.25, 0.3) is 0 Å². The first kappa shape index (κ1) is 20.5. The molecule has 0 N–H and O–H groups in total. The molecule has 0 aliphatic carbocycles. The summed E-state index contributed by atoms with van der Waals surface area (Å²) in [5.74, 6) is 1.40. The van der Waals surface area contributed by atoms with Crippen molar-refractivity contribution in [2.45, 2.75) is 65.4 Å². The molecule has 0 aromatic carbocycles. The van der Waals surface area contributed by atoms with Gasteiger partial charge in [0.15, 0.2) is 5.78 Å². The highest BCUT2D eigenvalue weighted by Gasteiger charge is 2.52. The molecule has 2 aliphatic rings. The summed E-state index contributed by atoms with van der Waals surface area (Å²) in [4.78, 5) is 20.7. The predicted molar refractivity (Wildman–Crippen MR) is 109 cm³/mol. The van der Waals surface area contributed by atoms with Crippen LogP contribution in [0.1, 0.15) is 70.3 Å². The van der Waals surface area contributed by atoms with Crippen molar-refractivity contribution in [2.24, 2.45) is 17.3 Å². The van der Waals surface area contributed by atoms with Crippen molar-refractivity contribution in [3.63, 3.8) is 0 Å². The molecule has 0 spiro atoms. The Labute approximate surface area is 164 Å². The van der Waals surface area contributed by atoms with E-state index in [1.807, 2.05) is 18.2 Å². The van der Waals surface area contributed by atoms with E-state index in [4.69, 9.17) is 4.74 Å². The molecular weight excluding hydrogens is 336 g/mol. The lowest BCUT2D eigenvalue weighted by atomic mass is 9.60. The Kier molecular flexibility index (Phi) is 6.37. The molecular formula is C23H36N2O2. The van der Waals surface area contributed by atoms with E-state index in [1.165, 1.54) is 13.0 Å². The standard InChI is InChI=1S/C23H36N2O2/c1-18(2)8-13-25-14-9-19(10-15-25)23(11-16-27-22(3,4)17-23)21(26)20-7-5-6-12-24-20/h5-7,12,18-19H,8-11,13-17H2,1-4H3/t23-/m0/s1. The summed E-state index contributed by atoms with van der Waals surface area (Å²) in [7, 11) is 0. The SMILES string of the molecule is CC(C)CCN1CCC([C@]2(C(=O)c3ccccn3)CCOC(C)(C)C2)CC1. The Bertz CT molecular complexity index is 621. The van der Waals surface area contributed by atoms with Crippen LogP contribution in [0.2, 0.25) is 0 Å². The maximum Gasteiger partial charge on any atom is 0.187 e. The fourth-order valence-electron chi connectivity index (χ4n) is 5.04. The van der Waals surface area contributed by atoms with E-state index < -0.39 is 0 Å². The van der Waals surface area contributed by atoms with Gasteiger partial charge in [-0.1, -0.05) is 19.9 Å². The number of ether oxygens (including phenoxy) is 1. The fourth-order valence-corrected chi connectivity index (χ4v) is 5.04. The topological polar surface area (TPSA) is 42.4 Å². The minimum Gasteiger partial charge on any atom is -0.376 e. The Morgan fingerprint density at radius 1 is 1.30 bits per heavy atom. The molecule has 0 unspecified atom stereocenters. The van der Waals surface area contributed by atoms with Gasteiger partial charge in [-0.25, -0.2) is 0 Å². The van der Waals surface area contributed by atoms with Crippen molar-refractivity contribution in [3.8, 4) is 0 Å². The van der Waals surface area contributed by atoms with Crippen molar-refractivity contribution in [1.29, 1.82) is 0 Å². The van der Waals surface area contributed by atoms with Gasteiger partial charge in [-0.05, 0) is 89.6 Å². The van der Waals surface area contributed by atoms with Crippen LogP contribution < -0.4 is 0 Å². The second-order valence-corrected chi connectivity index (χ2v) is 9.53. The van der Waals surface area contributed by atoms with Crippen LogP contribution in [0.5, 0.6) is 0 Å². The lowest BCUT2D eigenvalue weighted by Crippen LogP contribution is -2.52. The van der Waals surface area contributed by atoms with Gasteiger partial charge in [0.05, 0.1) is 5.60 Å².